The molecule has 2 unspecified atom stereocenters. The zero-order valence-electron chi connectivity index (χ0n) is 10.7. The van der Waals surface area contributed by atoms with Gasteiger partial charge in [-0.1, -0.05) is 13.8 Å². The van der Waals surface area contributed by atoms with Gasteiger partial charge in [0.1, 0.15) is 0 Å². The van der Waals surface area contributed by atoms with E-state index in [1.165, 1.54) is 11.3 Å². The number of hydrogen-bond acceptors (Lipinski definition) is 4. The Labute approximate surface area is 112 Å². The van der Waals surface area contributed by atoms with Gasteiger partial charge in [-0.15, -0.1) is 11.3 Å². The molecule has 2 atom stereocenters. The Balaban J connectivity index is 2.31. The van der Waals surface area contributed by atoms with Crippen LogP contribution in [0.5, 0.6) is 0 Å². The maximum absolute atomic E-state index is 12.5. The fourth-order valence-corrected chi connectivity index (χ4v) is 5.56. The van der Waals surface area contributed by atoms with Crippen molar-refractivity contribution < 1.29 is 13.5 Å². The second-order valence-corrected chi connectivity index (χ2v) is 8.04. The molecule has 1 aliphatic heterocycles. The molecule has 2 heterocycles. The Bertz CT molecular complexity index is 499. The first-order valence-electron chi connectivity index (χ1n) is 6.12. The van der Waals surface area contributed by atoms with Crippen molar-refractivity contribution in [2.45, 2.75) is 31.8 Å². The summed E-state index contributed by atoms with van der Waals surface area (Å²) in [4.78, 5) is 0.803. The van der Waals surface area contributed by atoms with Crippen LogP contribution in [0.3, 0.4) is 0 Å². The predicted molar refractivity (Wildman–Crippen MR) is 71.9 cm³/mol. The van der Waals surface area contributed by atoms with E-state index in [-0.39, 0.29) is 11.5 Å². The predicted octanol–water partition coefficient (Wildman–Crippen LogP) is 1.91. The van der Waals surface area contributed by atoms with Gasteiger partial charge in [0.2, 0.25) is 10.0 Å². The molecule has 1 aromatic rings. The van der Waals surface area contributed by atoms with Gasteiger partial charge in [-0.2, -0.15) is 4.31 Å². The monoisotopic (exact) mass is 289 g/mol. The van der Waals surface area contributed by atoms with Gasteiger partial charge in [-0.25, -0.2) is 8.42 Å². The quantitative estimate of drug-likeness (QED) is 0.924. The first-order chi connectivity index (χ1) is 8.45. The molecule has 0 aromatic carbocycles. The number of sulfonamides is 1. The van der Waals surface area contributed by atoms with Gasteiger partial charge in [-0.3, -0.25) is 0 Å². The summed E-state index contributed by atoms with van der Waals surface area (Å²) in [6.45, 7) is 5.10. The lowest BCUT2D eigenvalue weighted by Gasteiger charge is -2.34. The van der Waals surface area contributed by atoms with E-state index in [0.29, 0.717) is 29.8 Å². The molecule has 6 heteroatoms. The Hall–Kier alpha value is -0.430. The highest BCUT2D eigenvalue weighted by atomic mass is 32.2. The number of aliphatic hydroxyl groups is 1. The lowest BCUT2D eigenvalue weighted by molar-refractivity contribution is 0.222. The van der Waals surface area contributed by atoms with Crippen molar-refractivity contribution in [3.8, 4) is 0 Å². The third kappa shape index (κ3) is 2.61. The van der Waals surface area contributed by atoms with Crippen LogP contribution in [0, 0.1) is 11.8 Å². The molecule has 1 aliphatic rings. The van der Waals surface area contributed by atoms with E-state index in [1.54, 1.807) is 15.8 Å². The second kappa shape index (κ2) is 5.28. The first kappa shape index (κ1) is 14.0. The molecule has 0 amide bonds. The van der Waals surface area contributed by atoms with Crippen molar-refractivity contribution in [3.05, 3.63) is 16.3 Å². The smallest absolute Gasteiger partial charge is 0.244 e. The van der Waals surface area contributed by atoms with Crippen molar-refractivity contribution in [3.63, 3.8) is 0 Å². The van der Waals surface area contributed by atoms with E-state index in [0.717, 1.165) is 6.42 Å². The highest BCUT2D eigenvalue weighted by molar-refractivity contribution is 7.89. The largest absolute Gasteiger partial charge is 0.391 e. The molecule has 1 aromatic heterocycles. The molecule has 2 rings (SSSR count). The summed E-state index contributed by atoms with van der Waals surface area (Å²) in [7, 11) is -3.44. The molecule has 0 aliphatic carbocycles. The second-order valence-electron chi connectivity index (χ2n) is 5.13. The van der Waals surface area contributed by atoms with E-state index in [2.05, 4.69) is 13.8 Å². The minimum absolute atomic E-state index is 0.217. The molecule has 102 valence electrons. The standard InChI is InChI=1S/C12H19NO3S2/c1-9-5-10(2)7-13(6-9)18(15,16)12-3-4-17-11(12)8-14/h3-4,9-10,14H,5-8H2,1-2H3. The Morgan fingerprint density at radius 3 is 2.56 bits per heavy atom. The van der Waals surface area contributed by atoms with Gasteiger partial charge in [0.05, 0.1) is 11.5 Å². The zero-order valence-corrected chi connectivity index (χ0v) is 12.3. The Morgan fingerprint density at radius 1 is 1.39 bits per heavy atom. The van der Waals surface area contributed by atoms with Gasteiger partial charge < -0.3 is 5.11 Å². The highest BCUT2D eigenvalue weighted by Crippen LogP contribution is 2.30. The zero-order chi connectivity index (χ0) is 13.3. The van der Waals surface area contributed by atoms with Crippen LogP contribution in [0.25, 0.3) is 0 Å². The Morgan fingerprint density at radius 2 is 2.00 bits per heavy atom. The molecule has 0 saturated carbocycles. The van der Waals surface area contributed by atoms with Crippen LogP contribution in [0.4, 0.5) is 0 Å². The van der Waals surface area contributed by atoms with E-state index in [4.69, 9.17) is 0 Å². The summed E-state index contributed by atoms with van der Waals surface area (Å²) in [5, 5.41) is 10.9. The number of rotatable bonds is 3. The van der Waals surface area contributed by atoms with E-state index < -0.39 is 10.0 Å². The van der Waals surface area contributed by atoms with Crippen LogP contribution in [-0.4, -0.2) is 30.9 Å². The maximum Gasteiger partial charge on any atom is 0.244 e. The van der Waals surface area contributed by atoms with Crippen molar-refractivity contribution in [2.75, 3.05) is 13.1 Å². The minimum Gasteiger partial charge on any atom is -0.391 e. The van der Waals surface area contributed by atoms with E-state index in [1.807, 2.05) is 0 Å². The number of hydrogen-bond donors (Lipinski definition) is 1. The SMILES string of the molecule is CC1CC(C)CN(S(=O)(=O)c2ccsc2CO)C1. The molecule has 18 heavy (non-hydrogen) atoms. The fourth-order valence-electron chi connectivity index (χ4n) is 2.62. The fraction of sp³-hybridized carbons (Fsp3) is 0.667. The van der Waals surface area contributed by atoms with Crippen LogP contribution in [0.1, 0.15) is 25.1 Å². The third-order valence-corrected chi connectivity index (χ3v) is 6.25. The summed E-state index contributed by atoms with van der Waals surface area (Å²) in [5.41, 5.74) is 0. The van der Waals surface area contributed by atoms with E-state index in [9.17, 15) is 13.5 Å². The van der Waals surface area contributed by atoms with Crippen LogP contribution >= 0.6 is 11.3 Å². The van der Waals surface area contributed by atoms with Gasteiger partial charge >= 0.3 is 0 Å². The molecular formula is C12H19NO3S2. The summed E-state index contributed by atoms with van der Waals surface area (Å²) >= 11 is 1.29. The number of nitrogens with zero attached hydrogens (tertiary/aromatic N) is 1. The molecule has 1 saturated heterocycles. The molecule has 4 nitrogen and oxygen atoms in total. The van der Waals surface area contributed by atoms with Crippen LogP contribution in [-0.2, 0) is 16.6 Å². The summed E-state index contributed by atoms with van der Waals surface area (Å²) in [5.74, 6) is 0.777. The van der Waals surface area contributed by atoms with Gasteiger partial charge in [-0.05, 0) is 29.7 Å². The molecule has 1 N–H and O–H groups in total. The number of thiophene rings is 1. The first-order valence-corrected chi connectivity index (χ1v) is 8.44. The van der Waals surface area contributed by atoms with Crippen molar-refractivity contribution >= 4 is 21.4 Å². The minimum atomic E-state index is -3.44. The topological polar surface area (TPSA) is 57.6 Å². The average Bonchev–Trinajstić information content (AvgIpc) is 2.76. The van der Waals surface area contributed by atoms with Gasteiger partial charge in [0.25, 0.3) is 0 Å². The van der Waals surface area contributed by atoms with Crippen molar-refractivity contribution in [2.24, 2.45) is 11.8 Å². The lowest BCUT2D eigenvalue weighted by Crippen LogP contribution is -2.42. The normalized spacial score (nSPS) is 26.4. The van der Waals surface area contributed by atoms with Gasteiger partial charge in [0, 0.05) is 18.0 Å². The van der Waals surface area contributed by atoms with Crippen LogP contribution < -0.4 is 0 Å². The third-order valence-electron chi connectivity index (χ3n) is 3.30. The lowest BCUT2D eigenvalue weighted by atomic mass is 9.94. The van der Waals surface area contributed by atoms with Crippen LogP contribution in [0.2, 0.25) is 0 Å². The molecule has 0 spiro atoms. The van der Waals surface area contributed by atoms with Crippen molar-refractivity contribution in [1.29, 1.82) is 0 Å². The van der Waals surface area contributed by atoms with Crippen molar-refractivity contribution in [1.82, 2.24) is 4.31 Å². The highest BCUT2D eigenvalue weighted by Gasteiger charge is 2.33. The van der Waals surface area contributed by atoms with Gasteiger partial charge in [0.15, 0.2) is 0 Å². The molecular weight excluding hydrogens is 270 g/mol. The number of aliphatic hydroxyl groups excluding tert-OH is 1. The van der Waals surface area contributed by atoms with Crippen LogP contribution in [0.15, 0.2) is 16.3 Å². The average molecular weight is 289 g/mol. The molecule has 0 bridgehead atoms. The summed E-state index contributed by atoms with van der Waals surface area (Å²) in [6, 6.07) is 1.59. The maximum atomic E-state index is 12.5. The summed E-state index contributed by atoms with van der Waals surface area (Å²) < 4.78 is 26.6. The summed E-state index contributed by atoms with van der Waals surface area (Å²) in [6.07, 6.45) is 1.07. The number of piperidine rings is 1. The van der Waals surface area contributed by atoms with E-state index >= 15 is 0 Å². The Kier molecular flexibility index (Phi) is 4.11. The molecule has 1 fully saturated rings. The molecule has 0 radical (unpaired) electrons.